The van der Waals surface area contributed by atoms with Crippen molar-refractivity contribution in [1.82, 2.24) is 9.97 Å². The van der Waals surface area contributed by atoms with Gasteiger partial charge in [0.25, 0.3) is 0 Å². The molecule has 0 atom stereocenters. The molecule has 0 spiro atoms. The Balaban J connectivity index is 1.79. The third kappa shape index (κ3) is 2.88. The monoisotopic (exact) mass is 377 g/mol. The van der Waals surface area contributed by atoms with Crippen LogP contribution in [0.5, 0.6) is 11.5 Å². The second-order valence-corrected chi connectivity index (χ2v) is 6.52. The van der Waals surface area contributed by atoms with Gasteiger partial charge in [0.05, 0.1) is 10.5 Å². The normalized spacial score (nSPS) is 14.8. The summed E-state index contributed by atoms with van der Waals surface area (Å²) in [7, 11) is 0. The van der Waals surface area contributed by atoms with E-state index in [0.717, 1.165) is 5.39 Å². The summed E-state index contributed by atoms with van der Waals surface area (Å²) in [6.45, 7) is 3.89. The fourth-order valence-corrected chi connectivity index (χ4v) is 3.08. The number of hydrogen-bond donors (Lipinski definition) is 0. The van der Waals surface area contributed by atoms with Gasteiger partial charge in [-0.25, -0.2) is 9.97 Å². The van der Waals surface area contributed by atoms with Crippen LogP contribution < -0.4 is 14.4 Å². The predicted molar refractivity (Wildman–Crippen MR) is 94.5 cm³/mol. The van der Waals surface area contributed by atoms with Crippen LogP contribution in [0.25, 0.3) is 10.9 Å². The first kappa shape index (κ1) is 16.8. The number of fused-ring (bicyclic) bond motifs is 2. The standard InChI is InChI=1S/C18H14ClF2N3O2/c1-10(2)24(12-6-7-14-15(8-12)26-18(20,21)25-14)17-22-9-11-4-3-5-13(19)16(11)23-17/h3-10H,1-2H3. The fourth-order valence-electron chi connectivity index (χ4n) is 2.86. The molecule has 0 fully saturated rings. The Morgan fingerprint density at radius 1 is 1.12 bits per heavy atom. The van der Waals surface area contributed by atoms with Gasteiger partial charge in [0.15, 0.2) is 11.5 Å². The number of alkyl halides is 2. The number of nitrogens with zero attached hydrogens (tertiary/aromatic N) is 3. The van der Waals surface area contributed by atoms with Gasteiger partial charge < -0.3 is 14.4 Å². The van der Waals surface area contributed by atoms with Gasteiger partial charge in [-0.1, -0.05) is 23.7 Å². The number of rotatable bonds is 3. The van der Waals surface area contributed by atoms with Crippen molar-refractivity contribution in [3.05, 3.63) is 47.6 Å². The van der Waals surface area contributed by atoms with Crippen molar-refractivity contribution in [2.45, 2.75) is 26.2 Å². The second-order valence-electron chi connectivity index (χ2n) is 6.11. The van der Waals surface area contributed by atoms with Gasteiger partial charge in [0, 0.05) is 29.4 Å². The molecule has 134 valence electrons. The van der Waals surface area contributed by atoms with Gasteiger partial charge in [-0.2, -0.15) is 0 Å². The molecule has 3 aromatic rings. The summed E-state index contributed by atoms with van der Waals surface area (Å²) in [5.41, 5.74) is 1.23. The van der Waals surface area contributed by atoms with Crippen molar-refractivity contribution in [3.8, 4) is 11.5 Å². The number of para-hydroxylation sites is 1. The second kappa shape index (κ2) is 5.95. The van der Waals surface area contributed by atoms with Gasteiger partial charge in [-0.05, 0) is 32.0 Å². The SMILES string of the molecule is CC(C)N(c1ccc2c(c1)OC(F)(F)O2)c1ncc2cccc(Cl)c2n1. The molecule has 26 heavy (non-hydrogen) atoms. The van der Waals surface area contributed by atoms with Gasteiger partial charge >= 0.3 is 6.29 Å². The smallest absolute Gasteiger partial charge is 0.395 e. The predicted octanol–water partition coefficient (Wildman–Crippen LogP) is 5.15. The number of anilines is 2. The van der Waals surface area contributed by atoms with Crippen LogP contribution >= 0.6 is 11.6 Å². The Kier molecular flexibility index (Phi) is 3.84. The molecule has 0 bridgehead atoms. The third-order valence-corrected chi connectivity index (χ3v) is 4.25. The zero-order valence-electron chi connectivity index (χ0n) is 13.9. The van der Waals surface area contributed by atoms with Crippen LogP contribution in [-0.2, 0) is 0 Å². The molecule has 0 saturated heterocycles. The lowest BCUT2D eigenvalue weighted by atomic mass is 10.2. The molecule has 1 aliphatic rings. The number of hydrogen-bond acceptors (Lipinski definition) is 5. The Morgan fingerprint density at radius 2 is 1.88 bits per heavy atom. The Labute approximate surface area is 153 Å². The molecular weight excluding hydrogens is 364 g/mol. The molecule has 5 nitrogen and oxygen atoms in total. The first-order valence-corrected chi connectivity index (χ1v) is 8.32. The minimum atomic E-state index is -3.66. The Bertz CT molecular complexity index is 997. The maximum atomic E-state index is 13.3. The van der Waals surface area contributed by atoms with Crippen molar-refractivity contribution >= 4 is 34.1 Å². The van der Waals surface area contributed by atoms with E-state index in [1.165, 1.54) is 12.1 Å². The molecule has 0 saturated carbocycles. The first-order chi connectivity index (χ1) is 12.3. The van der Waals surface area contributed by atoms with E-state index in [-0.39, 0.29) is 17.5 Å². The van der Waals surface area contributed by atoms with Crippen LogP contribution in [0.2, 0.25) is 5.02 Å². The summed E-state index contributed by atoms with van der Waals surface area (Å²) in [6, 6.07) is 9.98. The summed E-state index contributed by atoms with van der Waals surface area (Å²) in [4.78, 5) is 10.8. The van der Waals surface area contributed by atoms with E-state index in [9.17, 15) is 8.78 Å². The largest absolute Gasteiger partial charge is 0.586 e. The highest BCUT2D eigenvalue weighted by Gasteiger charge is 2.43. The summed E-state index contributed by atoms with van der Waals surface area (Å²) < 4.78 is 35.5. The molecular formula is C18H14ClF2N3O2. The number of ether oxygens (including phenoxy) is 2. The van der Waals surface area contributed by atoms with Crippen LogP contribution in [0, 0.1) is 0 Å². The zero-order chi connectivity index (χ0) is 18.5. The van der Waals surface area contributed by atoms with E-state index in [2.05, 4.69) is 19.4 Å². The van der Waals surface area contributed by atoms with Crippen LogP contribution in [0.3, 0.4) is 0 Å². The quantitative estimate of drug-likeness (QED) is 0.631. The van der Waals surface area contributed by atoms with E-state index in [4.69, 9.17) is 11.6 Å². The van der Waals surface area contributed by atoms with Crippen molar-refractivity contribution in [2.24, 2.45) is 0 Å². The average Bonchev–Trinajstić information content (AvgIpc) is 2.88. The summed E-state index contributed by atoms with van der Waals surface area (Å²) in [5.74, 6) is 0.369. The lowest BCUT2D eigenvalue weighted by Crippen LogP contribution is -2.27. The average molecular weight is 378 g/mol. The molecule has 8 heteroatoms. The highest BCUT2D eigenvalue weighted by atomic mass is 35.5. The minimum Gasteiger partial charge on any atom is -0.395 e. The summed E-state index contributed by atoms with van der Waals surface area (Å²) in [5, 5.41) is 1.33. The molecule has 0 N–H and O–H groups in total. The highest BCUT2D eigenvalue weighted by molar-refractivity contribution is 6.35. The summed E-state index contributed by atoms with van der Waals surface area (Å²) in [6.07, 6.45) is -1.98. The first-order valence-electron chi connectivity index (χ1n) is 7.94. The maximum Gasteiger partial charge on any atom is 0.586 e. The number of aromatic nitrogens is 2. The molecule has 1 aromatic heterocycles. The fraction of sp³-hybridized carbons (Fsp3) is 0.222. The topological polar surface area (TPSA) is 47.5 Å². The van der Waals surface area contributed by atoms with Gasteiger partial charge in [0.2, 0.25) is 5.95 Å². The van der Waals surface area contributed by atoms with Crippen molar-refractivity contribution < 1.29 is 18.3 Å². The Morgan fingerprint density at radius 3 is 2.65 bits per heavy atom. The molecule has 0 aliphatic carbocycles. The maximum absolute atomic E-state index is 13.3. The molecule has 2 aromatic carbocycles. The van der Waals surface area contributed by atoms with Crippen LogP contribution in [0.4, 0.5) is 20.4 Å². The van der Waals surface area contributed by atoms with E-state index in [1.807, 2.05) is 30.9 Å². The van der Waals surface area contributed by atoms with Gasteiger partial charge in [-0.3, -0.25) is 0 Å². The third-order valence-electron chi connectivity index (χ3n) is 3.94. The molecule has 4 rings (SSSR count). The molecule has 0 radical (unpaired) electrons. The molecule has 2 heterocycles. The van der Waals surface area contributed by atoms with Crippen LogP contribution in [0.15, 0.2) is 42.6 Å². The van der Waals surface area contributed by atoms with E-state index < -0.39 is 6.29 Å². The van der Waals surface area contributed by atoms with Crippen molar-refractivity contribution in [2.75, 3.05) is 4.90 Å². The van der Waals surface area contributed by atoms with Gasteiger partial charge in [-0.15, -0.1) is 8.78 Å². The van der Waals surface area contributed by atoms with Gasteiger partial charge in [0.1, 0.15) is 0 Å². The van der Waals surface area contributed by atoms with E-state index >= 15 is 0 Å². The zero-order valence-corrected chi connectivity index (χ0v) is 14.7. The Hall–Kier alpha value is -2.67. The lowest BCUT2D eigenvalue weighted by molar-refractivity contribution is -0.286. The number of halogens is 3. The van der Waals surface area contributed by atoms with Crippen LogP contribution in [0.1, 0.15) is 13.8 Å². The van der Waals surface area contributed by atoms with E-state index in [0.29, 0.717) is 22.2 Å². The van der Waals surface area contributed by atoms with E-state index in [1.54, 1.807) is 18.3 Å². The molecule has 1 aliphatic heterocycles. The minimum absolute atomic E-state index is 0.00932. The van der Waals surface area contributed by atoms with Crippen molar-refractivity contribution in [3.63, 3.8) is 0 Å². The van der Waals surface area contributed by atoms with Crippen molar-refractivity contribution in [1.29, 1.82) is 0 Å². The molecule has 0 unspecified atom stereocenters. The highest BCUT2D eigenvalue weighted by Crippen LogP contribution is 2.43. The summed E-state index contributed by atoms with van der Waals surface area (Å²) >= 11 is 6.24. The number of benzene rings is 2. The van der Waals surface area contributed by atoms with Crippen LogP contribution in [-0.4, -0.2) is 22.3 Å². The lowest BCUT2D eigenvalue weighted by Gasteiger charge is -2.27. The molecule has 0 amide bonds.